The van der Waals surface area contributed by atoms with Gasteiger partial charge in [-0.25, -0.2) is 0 Å². The van der Waals surface area contributed by atoms with Gasteiger partial charge in [-0.05, 0) is 18.4 Å². The Labute approximate surface area is 112 Å². The largest absolute Gasteiger partial charge is 0.370 e. The maximum atomic E-state index is 11.7. The Morgan fingerprint density at radius 3 is 2.50 bits per heavy atom. The summed E-state index contributed by atoms with van der Waals surface area (Å²) >= 11 is 6.03. The molecule has 0 spiro atoms. The number of benzene rings is 1. The fraction of sp³-hybridized carbons (Fsp3) is 0.385. The zero-order valence-corrected chi connectivity index (χ0v) is 10.8. The second kappa shape index (κ2) is 7.71. The third-order valence-electron chi connectivity index (χ3n) is 2.47. The summed E-state index contributed by atoms with van der Waals surface area (Å²) in [4.78, 5) is 22.2. The first-order valence-corrected chi connectivity index (χ1v) is 6.30. The quantitative estimate of drug-likeness (QED) is 0.584. The molecule has 4 nitrogen and oxygen atoms in total. The number of hydrogen-bond acceptors (Lipinski definition) is 2. The van der Waals surface area contributed by atoms with Gasteiger partial charge in [0.15, 0.2) is 0 Å². The predicted molar refractivity (Wildman–Crippen MR) is 71.1 cm³/mol. The topological polar surface area (TPSA) is 72.2 Å². The Balaban J connectivity index is 2.26. The molecule has 18 heavy (non-hydrogen) atoms. The van der Waals surface area contributed by atoms with Gasteiger partial charge in [-0.3, -0.25) is 9.59 Å². The molecule has 0 heterocycles. The Kier molecular flexibility index (Phi) is 6.22. The van der Waals surface area contributed by atoms with Crippen LogP contribution < -0.4 is 11.1 Å². The van der Waals surface area contributed by atoms with Crippen LogP contribution in [0.3, 0.4) is 0 Å². The Morgan fingerprint density at radius 1 is 1.22 bits per heavy atom. The van der Waals surface area contributed by atoms with Gasteiger partial charge < -0.3 is 11.1 Å². The highest BCUT2D eigenvalue weighted by atomic mass is 35.5. The van der Waals surface area contributed by atoms with E-state index in [2.05, 4.69) is 5.32 Å². The molecule has 0 radical (unpaired) electrons. The molecule has 1 rings (SSSR count). The van der Waals surface area contributed by atoms with Crippen molar-refractivity contribution in [3.05, 3.63) is 35.9 Å². The van der Waals surface area contributed by atoms with Gasteiger partial charge in [0.2, 0.25) is 11.8 Å². The van der Waals surface area contributed by atoms with E-state index in [-0.39, 0.29) is 11.8 Å². The minimum atomic E-state index is -0.678. The van der Waals surface area contributed by atoms with E-state index in [4.69, 9.17) is 17.3 Å². The highest BCUT2D eigenvalue weighted by molar-refractivity contribution is 6.30. The van der Waals surface area contributed by atoms with Crippen molar-refractivity contribution in [2.75, 3.05) is 6.54 Å². The van der Waals surface area contributed by atoms with Crippen molar-refractivity contribution in [2.45, 2.75) is 24.6 Å². The maximum absolute atomic E-state index is 11.7. The van der Waals surface area contributed by atoms with Crippen LogP contribution in [0.2, 0.25) is 0 Å². The molecule has 2 amide bonds. The molecule has 1 aromatic rings. The van der Waals surface area contributed by atoms with Crippen LogP contribution in [-0.2, 0) is 9.59 Å². The Morgan fingerprint density at radius 2 is 1.89 bits per heavy atom. The molecule has 1 unspecified atom stereocenters. The molecule has 0 bridgehead atoms. The van der Waals surface area contributed by atoms with Crippen molar-refractivity contribution in [2.24, 2.45) is 5.73 Å². The number of primary amides is 1. The van der Waals surface area contributed by atoms with Gasteiger partial charge >= 0.3 is 0 Å². The third-order valence-corrected chi connectivity index (χ3v) is 2.92. The molecule has 5 heteroatoms. The summed E-state index contributed by atoms with van der Waals surface area (Å²) in [7, 11) is 0. The van der Waals surface area contributed by atoms with Crippen LogP contribution in [0, 0.1) is 0 Å². The molecule has 0 fully saturated rings. The fourth-order valence-electron chi connectivity index (χ4n) is 1.50. The number of nitrogens with two attached hydrogens (primary N) is 1. The van der Waals surface area contributed by atoms with Crippen molar-refractivity contribution in [1.29, 1.82) is 0 Å². The van der Waals surface area contributed by atoms with Gasteiger partial charge in [0.05, 0.1) is 0 Å². The summed E-state index contributed by atoms with van der Waals surface area (Å²) in [6.07, 6.45) is 1.74. The van der Waals surface area contributed by atoms with Gasteiger partial charge in [-0.1, -0.05) is 30.3 Å². The number of rotatable bonds is 7. The van der Waals surface area contributed by atoms with Crippen LogP contribution in [0.1, 0.15) is 30.2 Å². The predicted octanol–water partition coefficient (Wildman–Crippen LogP) is 1.74. The minimum Gasteiger partial charge on any atom is -0.370 e. The smallest absolute Gasteiger partial charge is 0.242 e. The van der Waals surface area contributed by atoms with E-state index in [9.17, 15) is 9.59 Å². The first-order chi connectivity index (χ1) is 8.61. The first-order valence-electron chi connectivity index (χ1n) is 5.86. The molecule has 0 saturated heterocycles. The summed E-state index contributed by atoms with van der Waals surface area (Å²) in [6.45, 7) is 0.502. The summed E-state index contributed by atoms with van der Waals surface area (Å²) in [5, 5.41) is 2.05. The van der Waals surface area contributed by atoms with Crippen LogP contribution in [0.5, 0.6) is 0 Å². The minimum absolute atomic E-state index is 0.220. The number of amides is 2. The number of alkyl halides is 1. The molecule has 0 aromatic heterocycles. The van der Waals surface area contributed by atoms with E-state index in [1.165, 1.54) is 0 Å². The normalized spacial score (nSPS) is 11.8. The van der Waals surface area contributed by atoms with Gasteiger partial charge in [-0.15, -0.1) is 11.6 Å². The lowest BCUT2D eigenvalue weighted by atomic mass is 10.1. The van der Waals surface area contributed by atoms with Crippen LogP contribution in [0.4, 0.5) is 0 Å². The molecular weight excluding hydrogens is 252 g/mol. The van der Waals surface area contributed by atoms with E-state index >= 15 is 0 Å². The van der Waals surface area contributed by atoms with Gasteiger partial charge in [0.25, 0.3) is 0 Å². The Bertz CT molecular complexity index is 395. The molecule has 0 aliphatic rings. The lowest BCUT2D eigenvalue weighted by molar-refractivity contribution is -0.120. The third kappa shape index (κ3) is 5.19. The molecule has 1 aromatic carbocycles. The zero-order valence-electron chi connectivity index (χ0n) is 10.1. The van der Waals surface area contributed by atoms with Gasteiger partial charge in [0, 0.05) is 13.0 Å². The molecular formula is C13H17ClN2O2. The van der Waals surface area contributed by atoms with Crippen LogP contribution in [0.25, 0.3) is 0 Å². The summed E-state index contributed by atoms with van der Waals surface area (Å²) in [5.74, 6) is -0.539. The first kappa shape index (κ1) is 14.5. The second-order valence-corrected chi connectivity index (χ2v) is 4.42. The van der Waals surface area contributed by atoms with Crippen molar-refractivity contribution < 1.29 is 9.59 Å². The molecule has 98 valence electrons. The fourth-order valence-corrected chi connectivity index (χ4v) is 1.72. The van der Waals surface area contributed by atoms with E-state index in [0.717, 1.165) is 5.56 Å². The zero-order chi connectivity index (χ0) is 13.4. The lowest BCUT2D eigenvalue weighted by Crippen LogP contribution is -2.28. The SMILES string of the molecule is NC(=O)CCCCNC(=O)C(Cl)c1ccccc1. The molecule has 0 aliphatic heterocycles. The average Bonchev–Trinajstić information content (AvgIpc) is 2.38. The summed E-state index contributed by atoms with van der Waals surface area (Å²) in [6, 6.07) is 9.17. The van der Waals surface area contributed by atoms with Crippen LogP contribution in [0.15, 0.2) is 30.3 Å². The number of carbonyl (C=O) groups is 2. The second-order valence-electron chi connectivity index (χ2n) is 3.99. The highest BCUT2D eigenvalue weighted by Crippen LogP contribution is 2.19. The number of hydrogen-bond donors (Lipinski definition) is 2. The monoisotopic (exact) mass is 268 g/mol. The van der Waals surface area contributed by atoms with Crippen molar-refractivity contribution in [1.82, 2.24) is 5.32 Å². The van der Waals surface area contributed by atoms with E-state index in [0.29, 0.717) is 25.8 Å². The van der Waals surface area contributed by atoms with E-state index < -0.39 is 5.38 Å². The standard InChI is InChI=1S/C13H17ClN2O2/c14-12(10-6-2-1-3-7-10)13(18)16-9-5-4-8-11(15)17/h1-3,6-7,12H,4-5,8-9H2,(H2,15,17)(H,16,18). The summed E-state index contributed by atoms with van der Waals surface area (Å²) < 4.78 is 0. The Hall–Kier alpha value is -1.55. The maximum Gasteiger partial charge on any atom is 0.242 e. The van der Waals surface area contributed by atoms with E-state index in [1.807, 2.05) is 30.3 Å². The van der Waals surface area contributed by atoms with E-state index in [1.54, 1.807) is 0 Å². The number of carbonyl (C=O) groups excluding carboxylic acids is 2. The highest BCUT2D eigenvalue weighted by Gasteiger charge is 2.16. The average molecular weight is 269 g/mol. The summed E-state index contributed by atoms with van der Waals surface area (Å²) in [5.41, 5.74) is 5.78. The van der Waals surface area contributed by atoms with Crippen LogP contribution in [-0.4, -0.2) is 18.4 Å². The number of nitrogens with one attached hydrogen (secondary N) is 1. The number of unbranched alkanes of at least 4 members (excludes halogenated alkanes) is 1. The number of halogens is 1. The van der Waals surface area contributed by atoms with Crippen molar-refractivity contribution in [3.8, 4) is 0 Å². The van der Waals surface area contributed by atoms with Crippen molar-refractivity contribution in [3.63, 3.8) is 0 Å². The molecule has 0 aliphatic carbocycles. The molecule has 1 atom stereocenters. The van der Waals surface area contributed by atoms with Crippen molar-refractivity contribution >= 4 is 23.4 Å². The van der Waals surface area contributed by atoms with Gasteiger partial charge in [0.1, 0.15) is 5.38 Å². The molecule has 0 saturated carbocycles. The van der Waals surface area contributed by atoms with Crippen LogP contribution >= 0.6 is 11.6 Å². The van der Waals surface area contributed by atoms with Gasteiger partial charge in [-0.2, -0.15) is 0 Å². The molecule has 3 N–H and O–H groups in total. The lowest BCUT2D eigenvalue weighted by Gasteiger charge is -2.10.